The van der Waals surface area contributed by atoms with Crippen molar-refractivity contribution in [2.75, 3.05) is 5.75 Å². The lowest BCUT2D eigenvalue weighted by Crippen LogP contribution is -2.52. The summed E-state index contributed by atoms with van der Waals surface area (Å²) in [7, 11) is 0. The maximum atomic E-state index is 13.7. The van der Waals surface area contributed by atoms with Crippen molar-refractivity contribution in [3.05, 3.63) is 35.6 Å². The Balaban J connectivity index is 1.86. The van der Waals surface area contributed by atoms with Gasteiger partial charge in [0.15, 0.2) is 0 Å². The van der Waals surface area contributed by atoms with Gasteiger partial charge < -0.3 is 10.2 Å². The van der Waals surface area contributed by atoms with Crippen LogP contribution in [0.4, 0.5) is 4.39 Å². The zero-order valence-electron chi connectivity index (χ0n) is 16.1. The fourth-order valence-electron chi connectivity index (χ4n) is 3.98. The molecule has 0 aromatic heterocycles. The van der Waals surface area contributed by atoms with E-state index >= 15 is 0 Å². The predicted octanol–water partition coefficient (Wildman–Crippen LogP) is 4.20. The molecule has 0 spiro atoms. The van der Waals surface area contributed by atoms with Crippen LogP contribution in [0, 0.1) is 11.7 Å². The van der Waals surface area contributed by atoms with Gasteiger partial charge in [-0.3, -0.25) is 9.59 Å². The summed E-state index contributed by atoms with van der Waals surface area (Å²) in [5, 5.41) is 3.02. The number of benzene rings is 1. The monoisotopic (exact) mass is 392 g/mol. The van der Waals surface area contributed by atoms with Crippen molar-refractivity contribution in [2.45, 2.75) is 69.8 Å². The quantitative estimate of drug-likeness (QED) is 0.817. The van der Waals surface area contributed by atoms with Gasteiger partial charge in [0, 0.05) is 17.4 Å². The molecular weight excluding hydrogens is 363 g/mol. The van der Waals surface area contributed by atoms with E-state index in [2.05, 4.69) is 5.32 Å². The highest BCUT2D eigenvalue weighted by atomic mass is 32.2. The molecule has 6 heteroatoms. The van der Waals surface area contributed by atoms with Gasteiger partial charge in [-0.25, -0.2) is 4.39 Å². The first kappa shape index (κ1) is 20.2. The number of hydrogen-bond acceptors (Lipinski definition) is 3. The van der Waals surface area contributed by atoms with Crippen LogP contribution in [0.3, 0.4) is 0 Å². The highest BCUT2D eigenvalue weighted by molar-refractivity contribution is 8.00. The maximum absolute atomic E-state index is 13.7. The van der Waals surface area contributed by atoms with E-state index < -0.39 is 11.9 Å². The maximum Gasteiger partial charge on any atom is 0.255 e. The van der Waals surface area contributed by atoms with Gasteiger partial charge in [0.25, 0.3) is 5.91 Å². The van der Waals surface area contributed by atoms with Gasteiger partial charge in [-0.05, 0) is 50.3 Å². The molecule has 2 fully saturated rings. The summed E-state index contributed by atoms with van der Waals surface area (Å²) in [4.78, 5) is 27.9. The summed E-state index contributed by atoms with van der Waals surface area (Å²) in [5.74, 6) is 0.245. The number of amides is 2. The number of hydrogen-bond donors (Lipinski definition) is 1. The standard InChI is InChI=1S/C21H29FN2O2S/c1-3-14(2)23-19(25)18-13-27-21(15-8-5-4-6-9-15)24(18)20(26)16-10-7-11-17(22)12-16/h7,10-12,14-15,18,21H,3-6,8-9,13H2,1-2H3,(H,23,25)/t14-,18+,21-/m0/s1. The van der Waals surface area contributed by atoms with Crippen molar-refractivity contribution >= 4 is 23.6 Å². The topological polar surface area (TPSA) is 49.4 Å². The fourth-order valence-corrected chi connectivity index (χ4v) is 5.62. The Hall–Kier alpha value is -1.56. The Morgan fingerprint density at radius 2 is 2.04 bits per heavy atom. The summed E-state index contributed by atoms with van der Waals surface area (Å²) in [6, 6.07) is 5.37. The minimum absolute atomic E-state index is 0.00579. The van der Waals surface area contributed by atoms with Crippen molar-refractivity contribution in [1.82, 2.24) is 10.2 Å². The molecule has 1 heterocycles. The summed E-state index contributed by atoms with van der Waals surface area (Å²) >= 11 is 1.71. The molecule has 0 radical (unpaired) electrons. The van der Waals surface area contributed by atoms with Crippen LogP contribution in [0.1, 0.15) is 62.7 Å². The van der Waals surface area contributed by atoms with Crippen LogP contribution in [-0.4, -0.2) is 39.9 Å². The van der Waals surface area contributed by atoms with E-state index in [1.807, 2.05) is 13.8 Å². The molecule has 1 aromatic rings. The molecule has 0 bridgehead atoms. The number of thioether (sulfide) groups is 1. The second-order valence-electron chi connectivity index (χ2n) is 7.68. The summed E-state index contributed by atoms with van der Waals surface area (Å²) < 4.78 is 13.7. The van der Waals surface area contributed by atoms with E-state index in [-0.39, 0.29) is 23.2 Å². The first-order valence-corrected chi connectivity index (χ1v) is 11.1. The molecule has 3 atom stereocenters. The Bertz CT molecular complexity index is 678. The van der Waals surface area contributed by atoms with Gasteiger partial charge in [0.05, 0.1) is 5.37 Å². The molecule has 0 unspecified atom stereocenters. The number of rotatable bonds is 5. The van der Waals surface area contributed by atoms with Crippen LogP contribution >= 0.6 is 11.8 Å². The molecule has 2 aliphatic rings. The lowest BCUT2D eigenvalue weighted by Gasteiger charge is -2.35. The van der Waals surface area contributed by atoms with Crippen molar-refractivity contribution in [1.29, 1.82) is 0 Å². The molecule has 1 aliphatic heterocycles. The SMILES string of the molecule is CC[C@H](C)NC(=O)[C@H]1CS[C@@H](C2CCCCC2)N1C(=O)c1cccc(F)c1. The number of nitrogens with one attached hydrogen (secondary N) is 1. The third-order valence-corrected chi connectivity index (χ3v) is 7.16. The minimum atomic E-state index is -0.494. The highest BCUT2D eigenvalue weighted by Crippen LogP contribution is 2.41. The van der Waals surface area contributed by atoms with Crippen LogP contribution < -0.4 is 5.32 Å². The molecule has 3 rings (SSSR count). The van der Waals surface area contributed by atoms with E-state index in [0.29, 0.717) is 17.2 Å². The van der Waals surface area contributed by atoms with Gasteiger partial charge >= 0.3 is 0 Å². The molecular formula is C21H29FN2O2S. The number of nitrogens with zero attached hydrogens (tertiary/aromatic N) is 1. The van der Waals surface area contributed by atoms with E-state index in [9.17, 15) is 14.0 Å². The summed E-state index contributed by atoms with van der Waals surface area (Å²) in [6.07, 6.45) is 6.61. The summed E-state index contributed by atoms with van der Waals surface area (Å²) in [6.45, 7) is 3.99. The molecule has 1 N–H and O–H groups in total. The average molecular weight is 393 g/mol. The molecule has 1 aliphatic carbocycles. The second-order valence-corrected chi connectivity index (χ2v) is 8.83. The predicted molar refractivity (Wildman–Crippen MR) is 107 cm³/mol. The smallest absolute Gasteiger partial charge is 0.255 e. The fraction of sp³-hybridized carbons (Fsp3) is 0.619. The third-order valence-electron chi connectivity index (χ3n) is 5.70. The number of carbonyl (C=O) groups is 2. The molecule has 1 aromatic carbocycles. The molecule has 4 nitrogen and oxygen atoms in total. The van der Waals surface area contributed by atoms with E-state index in [4.69, 9.17) is 0 Å². The van der Waals surface area contributed by atoms with E-state index in [0.717, 1.165) is 19.3 Å². The highest BCUT2D eigenvalue weighted by Gasteiger charge is 2.45. The Kier molecular flexibility index (Phi) is 6.79. The van der Waals surface area contributed by atoms with E-state index in [1.165, 1.54) is 31.4 Å². The third kappa shape index (κ3) is 4.65. The van der Waals surface area contributed by atoms with Gasteiger partial charge in [0.1, 0.15) is 11.9 Å². The zero-order chi connectivity index (χ0) is 19.4. The van der Waals surface area contributed by atoms with Crippen molar-refractivity contribution < 1.29 is 14.0 Å². The van der Waals surface area contributed by atoms with Crippen LogP contribution in [0.2, 0.25) is 0 Å². The van der Waals surface area contributed by atoms with E-state index in [1.54, 1.807) is 28.8 Å². The van der Waals surface area contributed by atoms with Gasteiger partial charge in [-0.1, -0.05) is 32.3 Å². The van der Waals surface area contributed by atoms with Crippen LogP contribution in [0.15, 0.2) is 24.3 Å². The van der Waals surface area contributed by atoms with Gasteiger partial charge in [-0.15, -0.1) is 11.8 Å². The van der Waals surface area contributed by atoms with Crippen molar-refractivity contribution in [2.24, 2.45) is 5.92 Å². The average Bonchev–Trinajstić information content (AvgIpc) is 3.13. The molecule has 148 valence electrons. The Morgan fingerprint density at radius 3 is 2.70 bits per heavy atom. The minimum Gasteiger partial charge on any atom is -0.352 e. The van der Waals surface area contributed by atoms with Crippen LogP contribution in [-0.2, 0) is 4.79 Å². The van der Waals surface area contributed by atoms with Gasteiger partial charge in [-0.2, -0.15) is 0 Å². The molecule has 2 amide bonds. The largest absolute Gasteiger partial charge is 0.352 e. The Labute approximate surface area is 165 Å². The van der Waals surface area contributed by atoms with Crippen molar-refractivity contribution in [3.63, 3.8) is 0 Å². The molecule has 1 saturated heterocycles. The van der Waals surface area contributed by atoms with Crippen molar-refractivity contribution in [3.8, 4) is 0 Å². The first-order valence-electron chi connectivity index (χ1n) is 10.0. The van der Waals surface area contributed by atoms with Gasteiger partial charge in [0.2, 0.25) is 5.91 Å². The van der Waals surface area contributed by atoms with Crippen LogP contribution in [0.25, 0.3) is 0 Å². The first-order chi connectivity index (χ1) is 13.0. The Morgan fingerprint density at radius 1 is 1.30 bits per heavy atom. The van der Waals surface area contributed by atoms with Crippen LogP contribution in [0.5, 0.6) is 0 Å². The lowest BCUT2D eigenvalue weighted by atomic mass is 9.88. The molecule has 1 saturated carbocycles. The zero-order valence-corrected chi connectivity index (χ0v) is 16.9. The molecule has 27 heavy (non-hydrogen) atoms. The second kappa shape index (κ2) is 9.09. The summed E-state index contributed by atoms with van der Waals surface area (Å²) in [5.41, 5.74) is 0.319. The number of carbonyl (C=O) groups excluding carboxylic acids is 2. The lowest BCUT2D eigenvalue weighted by molar-refractivity contribution is -0.125. The number of halogens is 1. The normalized spacial score (nSPS) is 24.6.